The second kappa shape index (κ2) is 9.76. The molecule has 2 heterocycles. The first-order valence-electron chi connectivity index (χ1n) is 11.5. The lowest BCUT2D eigenvalue weighted by Gasteiger charge is -2.12. The van der Waals surface area contributed by atoms with Crippen LogP contribution in [-0.2, 0) is 11.4 Å². The molecule has 3 amide bonds. The summed E-state index contributed by atoms with van der Waals surface area (Å²) in [7, 11) is 0. The number of amides is 3. The zero-order valence-electron chi connectivity index (χ0n) is 19.9. The minimum absolute atomic E-state index is 0.245. The number of carbonyl (C=O) groups excluding carboxylic acids is 2. The fraction of sp³-hybridized carbons (Fsp3) is 0.103. The predicted molar refractivity (Wildman–Crippen MR) is 141 cm³/mol. The van der Waals surface area contributed by atoms with Crippen LogP contribution in [0.15, 0.2) is 90.6 Å². The van der Waals surface area contributed by atoms with Gasteiger partial charge >= 0.3 is 6.03 Å². The smallest absolute Gasteiger partial charge is 0.333 e. The summed E-state index contributed by atoms with van der Waals surface area (Å²) in [4.78, 5) is 26.6. The van der Waals surface area contributed by atoms with Crippen molar-refractivity contribution in [3.8, 4) is 11.4 Å². The van der Waals surface area contributed by atoms with E-state index in [4.69, 9.17) is 16.3 Å². The summed E-state index contributed by atoms with van der Waals surface area (Å²) in [5, 5.41) is 3.40. The van der Waals surface area contributed by atoms with Gasteiger partial charge in [-0.05, 0) is 85.6 Å². The van der Waals surface area contributed by atoms with E-state index in [-0.39, 0.29) is 11.6 Å². The molecule has 3 aromatic carbocycles. The lowest BCUT2D eigenvalue weighted by atomic mass is 10.2. The Kier molecular flexibility index (Phi) is 6.36. The Labute approximate surface area is 214 Å². The number of hydrogen-bond donors (Lipinski definition) is 1. The SMILES string of the molecule is Cc1cc(/C=C2/NC(=O)N(c3ccccc3)C2=O)c(C)n1-c1ccc(OCc2ccc(Cl)cc2)cc1. The third-order valence-electron chi connectivity index (χ3n) is 6.08. The number of anilines is 1. The lowest BCUT2D eigenvalue weighted by molar-refractivity contribution is -0.113. The van der Waals surface area contributed by atoms with Crippen LogP contribution in [0.1, 0.15) is 22.5 Å². The molecule has 0 saturated carbocycles. The fourth-order valence-electron chi connectivity index (χ4n) is 4.27. The molecule has 1 saturated heterocycles. The number of para-hydroxylation sites is 1. The molecule has 1 aliphatic rings. The van der Waals surface area contributed by atoms with E-state index in [0.717, 1.165) is 38.9 Å². The largest absolute Gasteiger partial charge is 0.489 e. The first kappa shape index (κ1) is 23.5. The number of benzene rings is 3. The molecule has 0 aliphatic carbocycles. The highest BCUT2D eigenvalue weighted by atomic mass is 35.5. The molecule has 0 spiro atoms. The van der Waals surface area contributed by atoms with Gasteiger partial charge in [-0.3, -0.25) is 4.79 Å². The summed E-state index contributed by atoms with van der Waals surface area (Å²) in [5.74, 6) is 0.386. The molecular weight excluding hydrogens is 474 g/mol. The number of aromatic nitrogens is 1. The van der Waals surface area contributed by atoms with Gasteiger partial charge in [-0.25, -0.2) is 9.69 Å². The molecule has 1 fully saturated rings. The average Bonchev–Trinajstić information content (AvgIpc) is 3.32. The number of nitrogens with zero attached hydrogens (tertiary/aromatic N) is 2. The van der Waals surface area contributed by atoms with Crippen LogP contribution in [0.25, 0.3) is 11.8 Å². The van der Waals surface area contributed by atoms with Crippen LogP contribution >= 0.6 is 11.6 Å². The van der Waals surface area contributed by atoms with E-state index in [2.05, 4.69) is 9.88 Å². The second-order valence-electron chi connectivity index (χ2n) is 8.54. The molecule has 180 valence electrons. The van der Waals surface area contributed by atoms with Crippen LogP contribution < -0.4 is 15.0 Å². The average molecular weight is 498 g/mol. The van der Waals surface area contributed by atoms with Gasteiger partial charge in [0, 0.05) is 22.1 Å². The predicted octanol–water partition coefficient (Wildman–Crippen LogP) is 6.42. The molecule has 6 nitrogen and oxygen atoms in total. The molecule has 7 heteroatoms. The maximum absolute atomic E-state index is 13.0. The maximum atomic E-state index is 13.0. The number of imide groups is 1. The molecule has 1 N–H and O–H groups in total. The molecule has 1 aliphatic heterocycles. The van der Waals surface area contributed by atoms with Gasteiger partial charge in [0.2, 0.25) is 0 Å². The molecule has 0 radical (unpaired) electrons. The Morgan fingerprint density at radius 1 is 0.889 bits per heavy atom. The van der Waals surface area contributed by atoms with Crippen LogP contribution in [0.3, 0.4) is 0 Å². The summed E-state index contributed by atoms with van der Waals surface area (Å²) >= 11 is 5.94. The Hall–Kier alpha value is -4.29. The van der Waals surface area contributed by atoms with Crippen molar-refractivity contribution in [2.75, 3.05) is 4.90 Å². The van der Waals surface area contributed by atoms with Crippen molar-refractivity contribution in [3.05, 3.63) is 118 Å². The quantitative estimate of drug-likeness (QED) is 0.247. The normalized spacial score (nSPS) is 14.4. The van der Waals surface area contributed by atoms with Gasteiger partial charge < -0.3 is 14.6 Å². The minimum Gasteiger partial charge on any atom is -0.489 e. The maximum Gasteiger partial charge on any atom is 0.333 e. The van der Waals surface area contributed by atoms with Crippen LogP contribution in [0.2, 0.25) is 5.02 Å². The van der Waals surface area contributed by atoms with E-state index in [0.29, 0.717) is 17.3 Å². The molecular formula is C29H24ClN3O3. The van der Waals surface area contributed by atoms with E-state index in [9.17, 15) is 9.59 Å². The number of carbonyl (C=O) groups is 2. The zero-order valence-corrected chi connectivity index (χ0v) is 20.6. The van der Waals surface area contributed by atoms with E-state index >= 15 is 0 Å². The standard InChI is InChI=1S/C29H24ClN3O3/c1-19-16-22(17-27-28(34)33(29(35)31-27)24-6-4-3-5-7-24)20(2)32(19)25-12-14-26(15-13-25)36-18-21-8-10-23(30)11-9-21/h3-17H,18H2,1-2H3,(H,31,35)/b27-17+. The molecule has 1 aromatic heterocycles. The van der Waals surface area contributed by atoms with Crippen LogP contribution in [0.5, 0.6) is 5.75 Å². The number of nitrogens with one attached hydrogen (secondary N) is 1. The molecule has 4 aromatic rings. The van der Waals surface area contributed by atoms with E-state index in [1.165, 1.54) is 0 Å². The summed E-state index contributed by atoms with van der Waals surface area (Å²) < 4.78 is 8.00. The van der Waals surface area contributed by atoms with E-state index < -0.39 is 6.03 Å². The van der Waals surface area contributed by atoms with Crippen molar-refractivity contribution in [2.45, 2.75) is 20.5 Å². The van der Waals surface area contributed by atoms with Gasteiger partial charge in [0.25, 0.3) is 5.91 Å². The lowest BCUT2D eigenvalue weighted by Crippen LogP contribution is -2.30. The Balaban J connectivity index is 1.35. The number of halogens is 1. The Bertz CT molecular complexity index is 1460. The van der Waals surface area contributed by atoms with Crippen molar-refractivity contribution in [3.63, 3.8) is 0 Å². The first-order valence-corrected chi connectivity index (χ1v) is 11.9. The molecule has 0 unspecified atom stereocenters. The van der Waals surface area contributed by atoms with Crippen LogP contribution in [-0.4, -0.2) is 16.5 Å². The van der Waals surface area contributed by atoms with Crippen molar-refractivity contribution < 1.29 is 14.3 Å². The highest BCUT2D eigenvalue weighted by molar-refractivity contribution is 6.30. The topological polar surface area (TPSA) is 63.6 Å². The number of rotatable bonds is 6. The van der Waals surface area contributed by atoms with E-state index in [1.807, 2.05) is 74.5 Å². The molecule has 0 atom stereocenters. The minimum atomic E-state index is -0.458. The highest BCUT2D eigenvalue weighted by Crippen LogP contribution is 2.27. The van der Waals surface area contributed by atoms with Crippen molar-refractivity contribution in [2.24, 2.45) is 0 Å². The van der Waals surface area contributed by atoms with Gasteiger partial charge in [0.1, 0.15) is 18.1 Å². The number of hydrogen-bond acceptors (Lipinski definition) is 3. The van der Waals surface area contributed by atoms with Crippen molar-refractivity contribution in [1.29, 1.82) is 0 Å². The van der Waals surface area contributed by atoms with Crippen molar-refractivity contribution in [1.82, 2.24) is 9.88 Å². The van der Waals surface area contributed by atoms with Crippen LogP contribution in [0.4, 0.5) is 10.5 Å². The summed E-state index contributed by atoms with van der Waals surface area (Å²) in [6.45, 7) is 4.45. The summed E-state index contributed by atoms with van der Waals surface area (Å²) in [6, 6.07) is 25.8. The van der Waals surface area contributed by atoms with Gasteiger partial charge in [-0.2, -0.15) is 0 Å². The monoisotopic (exact) mass is 497 g/mol. The molecule has 36 heavy (non-hydrogen) atoms. The summed E-state index contributed by atoms with van der Waals surface area (Å²) in [6.07, 6.45) is 1.73. The Morgan fingerprint density at radius 2 is 1.58 bits per heavy atom. The van der Waals surface area contributed by atoms with Gasteiger partial charge in [-0.1, -0.05) is 41.9 Å². The van der Waals surface area contributed by atoms with E-state index in [1.54, 1.807) is 30.3 Å². The number of urea groups is 1. The number of ether oxygens (including phenoxy) is 1. The zero-order chi connectivity index (χ0) is 25.2. The van der Waals surface area contributed by atoms with Gasteiger partial charge in [-0.15, -0.1) is 0 Å². The Morgan fingerprint density at radius 3 is 2.28 bits per heavy atom. The summed E-state index contributed by atoms with van der Waals surface area (Å²) in [5.41, 5.74) is 5.61. The highest BCUT2D eigenvalue weighted by Gasteiger charge is 2.35. The van der Waals surface area contributed by atoms with Crippen LogP contribution in [0, 0.1) is 13.8 Å². The molecule has 5 rings (SSSR count). The molecule has 0 bridgehead atoms. The third-order valence-corrected chi connectivity index (χ3v) is 6.33. The van der Waals surface area contributed by atoms with Crippen molar-refractivity contribution >= 4 is 35.3 Å². The van der Waals surface area contributed by atoms with Gasteiger partial charge in [0.15, 0.2) is 0 Å². The fourth-order valence-corrected chi connectivity index (χ4v) is 4.40. The van der Waals surface area contributed by atoms with Gasteiger partial charge in [0.05, 0.1) is 5.69 Å². The second-order valence-corrected chi connectivity index (χ2v) is 8.97. The first-order chi connectivity index (χ1) is 17.4. The number of aryl methyl sites for hydroxylation is 1. The third kappa shape index (κ3) is 4.63.